The van der Waals surface area contributed by atoms with Crippen LogP contribution < -0.4 is 5.73 Å². The van der Waals surface area contributed by atoms with Crippen molar-refractivity contribution >= 4 is 0 Å². The van der Waals surface area contributed by atoms with Crippen LogP contribution in [-0.2, 0) is 17.8 Å². The molecular formula is C15H25N3O. The lowest BCUT2D eigenvalue weighted by Gasteiger charge is -2.28. The second-order valence-electron chi connectivity index (χ2n) is 5.21. The highest BCUT2D eigenvalue weighted by Gasteiger charge is 2.10. The molecule has 1 saturated heterocycles. The van der Waals surface area contributed by atoms with E-state index in [1.165, 1.54) is 11.1 Å². The highest BCUT2D eigenvalue weighted by atomic mass is 16.5. The molecule has 0 radical (unpaired) electrons. The van der Waals surface area contributed by atoms with Crippen molar-refractivity contribution in [2.45, 2.75) is 13.1 Å². The minimum atomic E-state index is 0.618. The molecule has 0 unspecified atom stereocenters. The maximum atomic E-state index is 5.61. The minimum absolute atomic E-state index is 0.618. The van der Waals surface area contributed by atoms with Gasteiger partial charge in [0.2, 0.25) is 0 Å². The Bertz CT molecular complexity index is 360. The minimum Gasteiger partial charge on any atom is -0.379 e. The highest BCUT2D eigenvalue weighted by Crippen LogP contribution is 2.06. The van der Waals surface area contributed by atoms with Crippen LogP contribution >= 0.6 is 0 Å². The van der Waals surface area contributed by atoms with Gasteiger partial charge in [0.1, 0.15) is 0 Å². The molecule has 2 rings (SSSR count). The molecule has 0 saturated carbocycles. The van der Waals surface area contributed by atoms with Gasteiger partial charge in [0, 0.05) is 39.3 Å². The number of morpholine rings is 1. The van der Waals surface area contributed by atoms with Crippen molar-refractivity contribution in [1.29, 1.82) is 0 Å². The zero-order chi connectivity index (χ0) is 13.5. The van der Waals surface area contributed by atoms with Crippen molar-refractivity contribution in [3.63, 3.8) is 0 Å². The zero-order valence-electron chi connectivity index (χ0n) is 11.8. The van der Waals surface area contributed by atoms with E-state index in [2.05, 4.69) is 41.1 Å². The summed E-state index contributed by atoms with van der Waals surface area (Å²) >= 11 is 0. The summed E-state index contributed by atoms with van der Waals surface area (Å²) in [5.74, 6) is 0. The number of nitrogens with zero attached hydrogens (tertiary/aromatic N) is 2. The lowest BCUT2D eigenvalue weighted by Crippen LogP contribution is -2.40. The molecule has 106 valence electrons. The maximum Gasteiger partial charge on any atom is 0.0594 e. The van der Waals surface area contributed by atoms with Crippen LogP contribution in [0.4, 0.5) is 0 Å². The fourth-order valence-electron chi connectivity index (χ4n) is 2.31. The first kappa shape index (κ1) is 14.5. The first-order valence-electron chi connectivity index (χ1n) is 7.04. The fraction of sp³-hybridized carbons (Fsp3) is 0.600. The molecule has 19 heavy (non-hydrogen) atoms. The Kier molecular flexibility index (Phi) is 5.79. The molecule has 4 heteroatoms. The summed E-state index contributed by atoms with van der Waals surface area (Å²) in [7, 11) is 2.18. The summed E-state index contributed by atoms with van der Waals surface area (Å²) in [5.41, 5.74) is 8.15. The van der Waals surface area contributed by atoms with E-state index in [4.69, 9.17) is 10.5 Å². The third-order valence-electron chi connectivity index (χ3n) is 3.61. The molecule has 0 atom stereocenters. The van der Waals surface area contributed by atoms with Crippen molar-refractivity contribution < 1.29 is 4.74 Å². The summed E-state index contributed by atoms with van der Waals surface area (Å²) in [5, 5.41) is 0. The second kappa shape index (κ2) is 7.60. The van der Waals surface area contributed by atoms with Crippen LogP contribution in [0.1, 0.15) is 11.1 Å². The molecular weight excluding hydrogens is 238 g/mol. The molecule has 1 aromatic carbocycles. The Morgan fingerprint density at radius 1 is 1.16 bits per heavy atom. The highest BCUT2D eigenvalue weighted by molar-refractivity contribution is 5.22. The van der Waals surface area contributed by atoms with E-state index in [1.807, 2.05) is 0 Å². The van der Waals surface area contributed by atoms with Gasteiger partial charge >= 0.3 is 0 Å². The largest absolute Gasteiger partial charge is 0.379 e. The standard InChI is InChI=1S/C15H25N3O/c1-17(6-7-18-8-10-19-11-9-18)13-15-4-2-14(12-16)3-5-15/h2-5H,6-13,16H2,1H3. The fourth-order valence-corrected chi connectivity index (χ4v) is 2.31. The van der Waals surface area contributed by atoms with Crippen LogP contribution in [0, 0.1) is 0 Å². The van der Waals surface area contributed by atoms with Crippen LogP contribution in [0.15, 0.2) is 24.3 Å². The van der Waals surface area contributed by atoms with Crippen molar-refractivity contribution in [3.8, 4) is 0 Å². The zero-order valence-corrected chi connectivity index (χ0v) is 11.8. The van der Waals surface area contributed by atoms with Gasteiger partial charge in [-0.1, -0.05) is 24.3 Å². The molecule has 0 spiro atoms. The predicted molar refractivity (Wildman–Crippen MR) is 77.9 cm³/mol. The molecule has 1 aromatic rings. The molecule has 0 amide bonds. The second-order valence-corrected chi connectivity index (χ2v) is 5.21. The van der Waals surface area contributed by atoms with Gasteiger partial charge in [-0.15, -0.1) is 0 Å². The molecule has 2 N–H and O–H groups in total. The van der Waals surface area contributed by atoms with Gasteiger partial charge < -0.3 is 15.4 Å². The third kappa shape index (κ3) is 4.91. The Balaban J connectivity index is 1.71. The Morgan fingerprint density at radius 2 is 1.79 bits per heavy atom. The number of ether oxygens (including phenoxy) is 1. The summed E-state index contributed by atoms with van der Waals surface area (Å²) < 4.78 is 5.36. The SMILES string of the molecule is CN(CCN1CCOCC1)Cc1ccc(CN)cc1. The van der Waals surface area contributed by atoms with E-state index in [1.54, 1.807) is 0 Å². The summed E-state index contributed by atoms with van der Waals surface area (Å²) in [6.45, 7) is 7.73. The van der Waals surface area contributed by atoms with Crippen LogP contribution in [0.3, 0.4) is 0 Å². The maximum absolute atomic E-state index is 5.61. The van der Waals surface area contributed by atoms with Gasteiger partial charge in [-0.25, -0.2) is 0 Å². The monoisotopic (exact) mass is 263 g/mol. The summed E-state index contributed by atoms with van der Waals surface area (Å²) in [6.07, 6.45) is 0. The van der Waals surface area contributed by atoms with E-state index in [9.17, 15) is 0 Å². The van der Waals surface area contributed by atoms with Crippen LogP contribution in [0.5, 0.6) is 0 Å². The van der Waals surface area contributed by atoms with Crippen molar-refractivity contribution in [1.82, 2.24) is 9.80 Å². The number of likely N-dealkylation sites (N-methyl/N-ethyl adjacent to an activating group) is 1. The van der Waals surface area contributed by atoms with E-state index in [0.29, 0.717) is 6.54 Å². The van der Waals surface area contributed by atoms with E-state index >= 15 is 0 Å². The van der Waals surface area contributed by atoms with Gasteiger partial charge in [0.15, 0.2) is 0 Å². The van der Waals surface area contributed by atoms with Gasteiger partial charge in [-0.05, 0) is 18.2 Å². The topological polar surface area (TPSA) is 41.7 Å². The van der Waals surface area contributed by atoms with Crippen LogP contribution in [-0.4, -0.2) is 56.2 Å². The van der Waals surface area contributed by atoms with Crippen molar-refractivity contribution in [2.75, 3.05) is 46.4 Å². The molecule has 1 aliphatic rings. The third-order valence-corrected chi connectivity index (χ3v) is 3.61. The molecule has 1 heterocycles. The average Bonchev–Trinajstić information content (AvgIpc) is 2.47. The van der Waals surface area contributed by atoms with Crippen LogP contribution in [0.2, 0.25) is 0 Å². The van der Waals surface area contributed by atoms with Gasteiger partial charge in [0.25, 0.3) is 0 Å². The normalized spacial score (nSPS) is 17.0. The van der Waals surface area contributed by atoms with Gasteiger partial charge in [-0.2, -0.15) is 0 Å². The van der Waals surface area contributed by atoms with Crippen molar-refractivity contribution in [2.24, 2.45) is 5.73 Å². The lowest BCUT2D eigenvalue weighted by molar-refractivity contribution is 0.0342. The molecule has 4 nitrogen and oxygen atoms in total. The number of hydrogen-bond acceptors (Lipinski definition) is 4. The lowest BCUT2D eigenvalue weighted by atomic mass is 10.1. The quantitative estimate of drug-likeness (QED) is 0.828. The Morgan fingerprint density at radius 3 is 2.42 bits per heavy atom. The van der Waals surface area contributed by atoms with E-state index in [0.717, 1.165) is 45.9 Å². The van der Waals surface area contributed by atoms with Gasteiger partial charge in [-0.3, -0.25) is 4.90 Å². The van der Waals surface area contributed by atoms with Gasteiger partial charge in [0.05, 0.1) is 13.2 Å². The summed E-state index contributed by atoms with van der Waals surface area (Å²) in [6, 6.07) is 8.58. The Labute approximate surface area is 116 Å². The molecule has 0 aliphatic carbocycles. The number of nitrogens with two attached hydrogens (primary N) is 1. The molecule has 0 bridgehead atoms. The number of rotatable bonds is 6. The van der Waals surface area contributed by atoms with Crippen LogP contribution in [0.25, 0.3) is 0 Å². The molecule has 0 aromatic heterocycles. The van der Waals surface area contributed by atoms with Crippen molar-refractivity contribution in [3.05, 3.63) is 35.4 Å². The average molecular weight is 263 g/mol. The Hall–Kier alpha value is -0.940. The first-order valence-corrected chi connectivity index (χ1v) is 7.04. The predicted octanol–water partition coefficient (Wildman–Crippen LogP) is 0.909. The summed E-state index contributed by atoms with van der Waals surface area (Å²) in [4.78, 5) is 4.84. The van der Waals surface area contributed by atoms with E-state index in [-0.39, 0.29) is 0 Å². The first-order chi connectivity index (χ1) is 9.28. The van der Waals surface area contributed by atoms with E-state index < -0.39 is 0 Å². The molecule has 1 aliphatic heterocycles. The molecule has 1 fully saturated rings. The smallest absolute Gasteiger partial charge is 0.0594 e. The number of hydrogen-bond donors (Lipinski definition) is 1. The number of benzene rings is 1.